The fourth-order valence-electron chi connectivity index (χ4n) is 2.92. The van der Waals surface area contributed by atoms with Crippen molar-refractivity contribution in [3.8, 4) is 0 Å². The Morgan fingerprint density at radius 1 is 1.50 bits per heavy atom. The summed E-state index contributed by atoms with van der Waals surface area (Å²) in [5.74, 6) is 0.123. The zero-order chi connectivity index (χ0) is 14.5. The molecule has 110 valence electrons. The first kappa shape index (κ1) is 14.3. The van der Waals surface area contributed by atoms with E-state index in [1.807, 2.05) is 18.7 Å². The van der Waals surface area contributed by atoms with Gasteiger partial charge in [-0.2, -0.15) is 0 Å². The number of nitrogens with zero attached hydrogens (tertiary/aromatic N) is 1. The Labute approximate surface area is 127 Å². The molecule has 0 radical (unpaired) electrons. The van der Waals surface area contributed by atoms with Crippen LogP contribution in [0.15, 0.2) is 22.0 Å². The Morgan fingerprint density at radius 3 is 2.95 bits per heavy atom. The third-order valence-corrected chi connectivity index (χ3v) is 5.50. The molecule has 20 heavy (non-hydrogen) atoms. The predicted molar refractivity (Wildman–Crippen MR) is 79.1 cm³/mol. The molecule has 4 nitrogen and oxygen atoms in total. The number of rotatable bonds is 1. The van der Waals surface area contributed by atoms with Crippen LogP contribution in [0.2, 0.25) is 0 Å². The van der Waals surface area contributed by atoms with Crippen LogP contribution in [0.25, 0.3) is 0 Å². The number of halogens is 1. The molecule has 0 unspecified atom stereocenters. The minimum Gasteiger partial charge on any atom is -0.439 e. The second-order valence-corrected chi connectivity index (χ2v) is 7.91. The van der Waals surface area contributed by atoms with Gasteiger partial charge in [-0.15, -0.1) is 0 Å². The number of aliphatic hydroxyl groups is 1. The van der Waals surface area contributed by atoms with Gasteiger partial charge in [-0.1, -0.05) is 11.8 Å². The van der Waals surface area contributed by atoms with Crippen LogP contribution in [-0.2, 0) is 9.53 Å². The molecular formula is C14H18ClNO3S. The van der Waals surface area contributed by atoms with Gasteiger partial charge in [-0.05, 0) is 44.4 Å². The molecule has 2 atom stereocenters. The van der Waals surface area contributed by atoms with Crippen molar-refractivity contribution in [2.24, 2.45) is 0 Å². The van der Waals surface area contributed by atoms with Gasteiger partial charge in [0.2, 0.25) is 5.91 Å². The summed E-state index contributed by atoms with van der Waals surface area (Å²) in [6.07, 6.45) is 3.59. The maximum absolute atomic E-state index is 12.2. The summed E-state index contributed by atoms with van der Waals surface area (Å²) >= 11 is 7.53. The van der Waals surface area contributed by atoms with E-state index in [-0.39, 0.29) is 21.9 Å². The summed E-state index contributed by atoms with van der Waals surface area (Å²) in [4.78, 5) is 14.0. The number of aliphatic hydroxyl groups excluding tert-OH is 1. The molecular weight excluding hydrogens is 298 g/mol. The van der Waals surface area contributed by atoms with Gasteiger partial charge < -0.3 is 14.7 Å². The Morgan fingerprint density at radius 2 is 2.25 bits per heavy atom. The monoisotopic (exact) mass is 315 g/mol. The van der Waals surface area contributed by atoms with Crippen molar-refractivity contribution in [1.29, 1.82) is 0 Å². The lowest BCUT2D eigenvalue weighted by atomic mass is 9.91. The Bertz CT molecular complexity index is 515. The standard InChI is InChI=1S/C14H18ClNO3S/c1-14(2)12(18)11-8(7-9(15)19-13(11)20-14)16-6-4-3-5-10(16)17/h7-8,12,18H,3-6H2,1-2H3/t8-,12+/m0/s1. The van der Waals surface area contributed by atoms with Crippen LogP contribution in [0.5, 0.6) is 0 Å². The molecule has 3 heterocycles. The number of piperidine rings is 1. The summed E-state index contributed by atoms with van der Waals surface area (Å²) in [6, 6.07) is -0.275. The first-order chi connectivity index (χ1) is 9.40. The minimum atomic E-state index is -0.636. The average molecular weight is 316 g/mol. The fourth-order valence-corrected chi connectivity index (χ4v) is 4.36. The van der Waals surface area contributed by atoms with Crippen LogP contribution < -0.4 is 0 Å². The van der Waals surface area contributed by atoms with Crippen molar-refractivity contribution in [1.82, 2.24) is 4.90 Å². The number of likely N-dealkylation sites (tertiary alicyclic amines) is 1. The van der Waals surface area contributed by atoms with E-state index in [4.69, 9.17) is 16.3 Å². The second-order valence-electron chi connectivity index (χ2n) is 5.91. The molecule has 0 aromatic heterocycles. The van der Waals surface area contributed by atoms with Crippen LogP contribution in [0.1, 0.15) is 33.1 Å². The number of carbonyl (C=O) groups is 1. The summed E-state index contributed by atoms with van der Waals surface area (Å²) in [7, 11) is 0. The number of hydrogen-bond donors (Lipinski definition) is 1. The molecule has 0 saturated carbocycles. The maximum Gasteiger partial charge on any atom is 0.223 e. The van der Waals surface area contributed by atoms with Gasteiger partial charge in [0.25, 0.3) is 0 Å². The van der Waals surface area contributed by atoms with E-state index in [2.05, 4.69) is 0 Å². The number of hydrogen-bond acceptors (Lipinski definition) is 4. The Hall–Kier alpha value is -0.650. The summed E-state index contributed by atoms with van der Waals surface area (Å²) in [6.45, 7) is 4.64. The van der Waals surface area contributed by atoms with Crippen LogP contribution in [0.3, 0.4) is 0 Å². The first-order valence-electron chi connectivity index (χ1n) is 6.86. The molecule has 3 aliphatic rings. The topological polar surface area (TPSA) is 49.8 Å². The number of ether oxygens (including phenoxy) is 1. The predicted octanol–water partition coefficient (Wildman–Crippen LogP) is 2.58. The lowest BCUT2D eigenvalue weighted by molar-refractivity contribution is -0.134. The number of amides is 1. The third kappa shape index (κ3) is 2.26. The lowest BCUT2D eigenvalue weighted by Gasteiger charge is -2.37. The van der Waals surface area contributed by atoms with Crippen LogP contribution in [0.4, 0.5) is 0 Å². The fraction of sp³-hybridized carbons (Fsp3) is 0.643. The van der Waals surface area contributed by atoms with E-state index in [0.29, 0.717) is 18.1 Å². The van der Waals surface area contributed by atoms with E-state index < -0.39 is 6.10 Å². The van der Waals surface area contributed by atoms with Crippen LogP contribution in [0, 0.1) is 0 Å². The molecule has 1 saturated heterocycles. The van der Waals surface area contributed by atoms with Gasteiger partial charge in [0.05, 0.1) is 12.1 Å². The van der Waals surface area contributed by atoms with Crippen LogP contribution >= 0.6 is 23.4 Å². The van der Waals surface area contributed by atoms with E-state index >= 15 is 0 Å². The van der Waals surface area contributed by atoms with Crippen molar-refractivity contribution in [3.63, 3.8) is 0 Å². The quantitative estimate of drug-likeness (QED) is 0.808. The molecule has 0 bridgehead atoms. The SMILES string of the molecule is CC1(C)SC2=C([C@H]1O)[C@@H](N1CCCCC1=O)C=C(Cl)O2. The molecule has 0 spiro atoms. The van der Waals surface area contributed by atoms with Gasteiger partial charge in [0.15, 0.2) is 10.3 Å². The molecule has 6 heteroatoms. The zero-order valence-corrected chi connectivity index (χ0v) is 13.1. The molecule has 3 aliphatic heterocycles. The molecule has 1 amide bonds. The smallest absolute Gasteiger partial charge is 0.223 e. The van der Waals surface area contributed by atoms with E-state index in [9.17, 15) is 9.90 Å². The molecule has 0 aliphatic carbocycles. The van der Waals surface area contributed by atoms with Crippen LogP contribution in [-0.4, -0.2) is 39.4 Å². The second kappa shape index (κ2) is 4.97. The van der Waals surface area contributed by atoms with Crippen molar-refractivity contribution >= 4 is 29.3 Å². The van der Waals surface area contributed by atoms with E-state index in [1.165, 1.54) is 11.8 Å². The Kier molecular flexibility index (Phi) is 3.55. The molecule has 1 fully saturated rings. The van der Waals surface area contributed by atoms with E-state index in [0.717, 1.165) is 18.4 Å². The highest BCUT2D eigenvalue weighted by Crippen LogP contribution is 2.51. The van der Waals surface area contributed by atoms with Gasteiger partial charge in [-0.3, -0.25) is 4.79 Å². The minimum absolute atomic E-state index is 0.123. The lowest BCUT2D eigenvalue weighted by Crippen LogP contribution is -2.47. The molecule has 3 rings (SSSR count). The molecule has 0 aromatic rings. The van der Waals surface area contributed by atoms with E-state index in [1.54, 1.807) is 6.08 Å². The molecule has 0 aromatic carbocycles. The average Bonchev–Trinajstić information content (AvgIpc) is 2.59. The van der Waals surface area contributed by atoms with Crippen molar-refractivity contribution in [3.05, 3.63) is 22.0 Å². The summed E-state index contributed by atoms with van der Waals surface area (Å²) in [5.41, 5.74) is 0.777. The van der Waals surface area contributed by atoms with Gasteiger partial charge in [0.1, 0.15) is 0 Å². The Balaban J connectivity index is 1.96. The highest BCUT2D eigenvalue weighted by molar-refractivity contribution is 8.04. The summed E-state index contributed by atoms with van der Waals surface area (Å²) < 4.78 is 5.18. The molecule has 1 N–H and O–H groups in total. The van der Waals surface area contributed by atoms with Gasteiger partial charge in [0, 0.05) is 23.3 Å². The van der Waals surface area contributed by atoms with Gasteiger partial charge >= 0.3 is 0 Å². The van der Waals surface area contributed by atoms with Crippen molar-refractivity contribution in [2.45, 2.75) is 50.0 Å². The largest absolute Gasteiger partial charge is 0.439 e. The van der Waals surface area contributed by atoms with Crippen molar-refractivity contribution in [2.75, 3.05) is 6.54 Å². The highest BCUT2D eigenvalue weighted by Gasteiger charge is 2.48. The highest BCUT2D eigenvalue weighted by atomic mass is 35.5. The normalized spacial score (nSPS) is 32.9. The number of carbonyl (C=O) groups excluding carboxylic acids is 1. The maximum atomic E-state index is 12.2. The van der Waals surface area contributed by atoms with Crippen molar-refractivity contribution < 1.29 is 14.6 Å². The number of thioether (sulfide) groups is 1. The van der Waals surface area contributed by atoms with Gasteiger partial charge in [-0.25, -0.2) is 0 Å². The third-order valence-electron chi connectivity index (χ3n) is 4.04. The summed E-state index contributed by atoms with van der Waals surface area (Å²) in [5, 5.41) is 11.5. The first-order valence-corrected chi connectivity index (χ1v) is 8.05. The zero-order valence-electron chi connectivity index (χ0n) is 11.6.